The maximum absolute atomic E-state index is 12.6. The van der Waals surface area contributed by atoms with Crippen LogP contribution in [-0.2, 0) is 6.18 Å². The molecule has 0 spiro atoms. The Morgan fingerprint density at radius 2 is 1.85 bits per heavy atom. The average Bonchev–Trinajstić information content (AvgIpc) is 2.38. The van der Waals surface area contributed by atoms with E-state index in [9.17, 15) is 13.2 Å². The summed E-state index contributed by atoms with van der Waals surface area (Å²) in [6.07, 6.45) is -0.136. The van der Waals surface area contributed by atoms with Crippen molar-refractivity contribution in [2.75, 3.05) is 11.9 Å². The summed E-state index contributed by atoms with van der Waals surface area (Å²) in [4.78, 5) is 0. The molecule has 0 heterocycles. The van der Waals surface area contributed by atoms with Gasteiger partial charge in [0.25, 0.3) is 0 Å². The van der Waals surface area contributed by atoms with Crippen molar-refractivity contribution in [2.24, 2.45) is 5.92 Å². The number of hydrogen-bond acceptors (Lipinski definition) is 1. The first-order valence-corrected chi connectivity index (χ1v) is 7.84. The molecule has 1 aliphatic carbocycles. The van der Waals surface area contributed by atoms with E-state index in [0.717, 1.165) is 44.4 Å². The molecule has 0 radical (unpaired) electrons. The summed E-state index contributed by atoms with van der Waals surface area (Å²) in [6, 6.07) is 3.68. The molecule has 0 bridgehead atoms. The average molecular weight is 371 g/mol. The molecule has 1 N–H and O–H groups in total. The van der Waals surface area contributed by atoms with Gasteiger partial charge in [-0.3, -0.25) is 0 Å². The Morgan fingerprint density at radius 3 is 2.40 bits per heavy atom. The highest BCUT2D eigenvalue weighted by atomic mass is 79.9. The fourth-order valence-corrected chi connectivity index (χ4v) is 3.19. The largest absolute Gasteiger partial charge is 0.416 e. The highest BCUT2D eigenvalue weighted by Gasteiger charge is 2.30. The van der Waals surface area contributed by atoms with E-state index in [2.05, 4.69) is 21.2 Å². The summed E-state index contributed by atoms with van der Waals surface area (Å²) < 4.78 is 38.1. The Balaban J connectivity index is 1.93. The van der Waals surface area contributed by atoms with E-state index in [1.807, 2.05) is 0 Å². The molecule has 1 aromatic carbocycles. The molecule has 1 saturated carbocycles. The first-order valence-electron chi connectivity index (χ1n) is 6.61. The molecule has 1 aliphatic rings. The third-order valence-electron chi connectivity index (χ3n) is 3.65. The third-order valence-corrected chi connectivity index (χ3v) is 4.75. The van der Waals surface area contributed by atoms with Gasteiger partial charge in [-0.25, -0.2) is 0 Å². The molecule has 1 fully saturated rings. The molecule has 112 valence electrons. The number of benzene rings is 1. The molecule has 0 aliphatic heterocycles. The SMILES string of the molecule is FC(F)(F)c1ccc(NCC2CCC(Cl)CC2)c(Br)c1. The van der Waals surface area contributed by atoms with Gasteiger partial charge < -0.3 is 5.32 Å². The van der Waals surface area contributed by atoms with E-state index in [4.69, 9.17) is 11.6 Å². The van der Waals surface area contributed by atoms with Gasteiger partial charge in [-0.1, -0.05) is 0 Å². The van der Waals surface area contributed by atoms with Gasteiger partial charge in [-0.05, 0) is 65.7 Å². The van der Waals surface area contributed by atoms with E-state index >= 15 is 0 Å². The quantitative estimate of drug-likeness (QED) is 0.675. The van der Waals surface area contributed by atoms with Crippen LogP contribution in [0.3, 0.4) is 0 Å². The van der Waals surface area contributed by atoms with Crippen molar-refractivity contribution < 1.29 is 13.2 Å². The van der Waals surface area contributed by atoms with Gasteiger partial charge >= 0.3 is 6.18 Å². The standard InChI is InChI=1S/C14H16BrClF3N/c15-12-7-10(14(17,18)19)3-6-13(12)20-8-9-1-4-11(16)5-2-9/h3,6-7,9,11,20H,1-2,4-5,8H2. The maximum Gasteiger partial charge on any atom is 0.416 e. The Hall–Kier alpha value is -0.420. The van der Waals surface area contributed by atoms with E-state index in [0.29, 0.717) is 16.1 Å². The normalized spacial score (nSPS) is 23.6. The predicted octanol–water partition coefficient (Wildman–Crippen LogP) is 5.68. The van der Waals surface area contributed by atoms with Crippen LogP contribution in [0.2, 0.25) is 0 Å². The van der Waals surface area contributed by atoms with Crippen molar-refractivity contribution in [2.45, 2.75) is 37.2 Å². The maximum atomic E-state index is 12.6. The number of halogens is 5. The van der Waals surface area contributed by atoms with Crippen LogP contribution in [0.4, 0.5) is 18.9 Å². The van der Waals surface area contributed by atoms with E-state index in [1.54, 1.807) is 0 Å². The second-order valence-corrected chi connectivity index (χ2v) is 6.66. The first kappa shape index (κ1) is 16.0. The number of rotatable bonds is 3. The van der Waals surface area contributed by atoms with Crippen LogP contribution in [0.15, 0.2) is 22.7 Å². The van der Waals surface area contributed by atoms with Crippen LogP contribution < -0.4 is 5.32 Å². The molecule has 1 nitrogen and oxygen atoms in total. The summed E-state index contributed by atoms with van der Waals surface area (Å²) in [5.74, 6) is 0.541. The zero-order valence-corrected chi connectivity index (χ0v) is 13.2. The molecule has 0 unspecified atom stereocenters. The van der Waals surface area contributed by atoms with Crippen molar-refractivity contribution in [1.29, 1.82) is 0 Å². The first-order chi connectivity index (χ1) is 9.36. The van der Waals surface area contributed by atoms with Crippen molar-refractivity contribution >= 4 is 33.2 Å². The van der Waals surface area contributed by atoms with Crippen LogP contribution in [0.1, 0.15) is 31.2 Å². The van der Waals surface area contributed by atoms with Gasteiger partial charge in [0, 0.05) is 22.1 Å². The molecule has 0 saturated heterocycles. The topological polar surface area (TPSA) is 12.0 Å². The summed E-state index contributed by atoms with van der Waals surface area (Å²) in [5.41, 5.74) is 0.0589. The Morgan fingerprint density at radius 1 is 1.20 bits per heavy atom. The lowest BCUT2D eigenvalue weighted by Gasteiger charge is -2.25. The molecule has 20 heavy (non-hydrogen) atoms. The molecule has 2 rings (SSSR count). The van der Waals surface area contributed by atoms with E-state index < -0.39 is 11.7 Å². The second-order valence-electron chi connectivity index (χ2n) is 5.19. The van der Waals surface area contributed by atoms with Crippen molar-refractivity contribution in [3.8, 4) is 0 Å². The molecule has 1 aromatic rings. The summed E-state index contributed by atoms with van der Waals surface area (Å²) in [5, 5.41) is 3.50. The summed E-state index contributed by atoms with van der Waals surface area (Å²) in [6.45, 7) is 0.771. The minimum atomic E-state index is -4.31. The van der Waals surface area contributed by atoms with Gasteiger partial charge in [0.1, 0.15) is 0 Å². The highest BCUT2D eigenvalue weighted by molar-refractivity contribution is 9.10. The Labute approximate surface area is 130 Å². The van der Waals surface area contributed by atoms with Gasteiger partial charge in [0.05, 0.1) is 5.56 Å². The zero-order chi connectivity index (χ0) is 14.8. The Bertz CT molecular complexity index is 456. The van der Waals surface area contributed by atoms with Crippen LogP contribution in [0, 0.1) is 5.92 Å². The van der Waals surface area contributed by atoms with Crippen LogP contribution in [0.5, 0.6) is 0 Å². The predicted molar refractivity (Wildman–Crippen MR) is 79.2 cm³/mol. The number of alkyl halides is 4. The summed E-state index contributed by atoms with van der Waals surface area (Å²) >= 11 is 9.24. The molecule has 0 amide bonds. The fraction of sp³-hybridized carbons (Fsp3) is 0.571. The van der Waals surface area contributed by atoms with Crippen LogP contribution in [-0.4, -0.2) is 11.9 Å². The smallest absolute Gasteiger partial charge is 0.384 e. The molecular weight excluding hydrogens is 355 g/mol. The van der Waals surface area contributed by atoms with Crippen LogP contribution >= 0.6 is 27.5 Å². The van der Waals surface area contributed by atoms with Crippen LogP contribution in [0.25, 0.3) is 0 Å². The van der Waals surface area contributed by atoms with E-state index in [1.165, 1.54) is 6.07 Å². The van der Waals surface area contributed by atoms with Gasteiger partial charge in [0.2, 0.25) is 0 Å². The number of anilines is 1. The lowest BCUT2D eigenvalue weighted by molar-refractivity contribution is -0.137. The third kappa shape index (κ3) is 4.29. The van der Waals surface area contributed by atoms with Gasteiger partial charge in [-0.15, -0.1) is 11.6 Å². The Kier molecular flexibility index (Phi) is 5.24. The van der Waals surface area contributed by atoms with Crippen molar-refractivity contribution in [1.82, 2.24) is 0 Å². The second kappa shape index (κ2) is 6.56. The molecule has 6 heteroatoms. The highest BCUT2D eigenvalue weighted by Crippen LogP contribution is 2.34. The molecular formula is C14H16BrClF3N. The molecule has 0 atom stereocenters. The van der Waals surface area contributed by atoms with Crippen molar-refractivity contribution in [3.63, 3.8) is 0 Å². The fourth-order valence-electron chi connectivity index (χ4n) is 2.41. The summed E-state index contributed by atoms with van der Waals surface area (Å²) in [7, 11) is 0. The van der Waals surface area contributed by atoms with Gasteiger partial charge in [-0.2, -0.15) is 13.2 Å². The molecule has 0 aromatic heterocycles. The lowest BCUT2D eigenvalue weighted by atomic mass is 9.89. The zero-order valence-electron chi connectivity index (χ0n) is 10.8. The van der Waals surface area contributed by atoms with Crippen molar-refractivity contribution in [3.05, 3.63) is 28.2 Å². The minimum Gasteiger partial charge on any atom is -0.384 e. The number of nitrogens with one attached hydrogen (secondary N) is 1. The lowest BCUT2D eigenvalue weighted by Crippen LogP contribution is -2.21. The number of hydrogen-bond donors (Lipinski definition) is 1. The monoisotopic (exact) mass is 369 g/mol. The van der Waals surface area contributed by atoms with E-state index in [-0.39, 0.29) is 5.38 Å². The minimum absolute atomic E-state index is 0.282. The van der Waals surface area contributed by atoms with Gasteiger partial charge in [0.15, 0.2) is 0 Å².